The van der Waals surface area contributed by atoms with E-state index in [9.17, 15) is 9.18 Å². The summed E-state index contributed by atoms with van der Waals surface area (Å²) in [5, 5.41) is 1.39. The molecule has 1 saturated heterocycles. The topological polar surface area (TPSA) is 39.3 Å². The predicted octanol–water partition coefficient (Wildman–Crippen LogP) is 4.02. The fraction of sp³-hybridized carbons (Fsp3) is 0.348. The van der Waals surface area contributed by atoms with Crippen molar-refractivity contribution in [3.05, 3.63) is 65.6 Å². The van der Waals surface area contributed by atoms with E-state index in [0.29, 0.717) is 18.0 Å². The van der Waals surface area contributed by atoms with Gasteiger partial charge in [0.1, 0.15) is 5.82 Å². The average molecular weight is 377 g/mol. The smallest absolute Gasteiger partial charge is 0.162 e. The molecule has 2 aromatic carbocycles. The molecule has 2 aliphatic heterocycles. The van der Waals surface area contributed by atoms with Crippen LogP contribution in [0.3, 0.4) is 0 Å². The highest BCUT2D eigenvalue weighted by Crippen LogP contribution is 2.37. The van der Waals surface area contributed by atoms with Crippen LogP contribution in [0.5, 0.6) is 0 Å². The number of aromatic nitrogens is 1. The second-order valence-electron chi connectivity index (χ2n) is 7.90. The lowest BCUT2D eigenvalue weighted by atomic mass is 9.94. The number of benzene rings is 2. The van der Waals surface area contributed by atoms with Gasteiger partial charge in [-0.05, 0) is 61.3 Å². The van der Waals surface area contributed by atoms with Crippen LogP contribution in [0.4, 0.5) is 10.1 Å². The maximum atomic E-state index is 13.0. The summed E-state index contributed by atoms with van der Waals surface area (Å²) < 4.78 is 13.0. The van der Waals surface area contributed by atoms with Gasteiger partial charge in [0.25, 0.3) is 0 Å². The summed E-state index contributed by atoms with van der Waals surface area (Å²) in [6, 6.07) is 12.9. The van der Waals surface area contributed by atoms with Crippen molar-refractivity contribution in [2.75, 3.05) is 31.1 Å². The first kappa shape index (κ1) is 17.4. The van der Waals surface area contributed by atoms with Gasteiger partial charge in [-0.2, -0.15) is 0 Å². The number of piperazine rings is 1. The molecule has 5 rings (SSSR count). The standard InChI is InChI=1S/C23H24FN3O/c24-18-8-6-16(7-9-18)22(28)5-2-10-26-11-12-27-19(15-26)13-17-14-25-20-3-1-4-21(27)23(17)20/h1,3-4,6-9,14,19,25H,2,5,10-13,15H2/t19-/m1/s1. The largest absolute Gasteiger partial charge is 0.365 e. The van der Waals surface area contributed by atoms with Crippen molar-refractivity contribution in [2.45, 2.75) is 25.3 Å². The fourth-order valence-electron chi connectivity index (χ4n) is 4.75. The Morgan fingerprint density at radius 3 is 2.86 bits per heavy atom. The summed E-state index contributed by atoms with van der Waals surface area (Å²) in [7, 11) is 0. The molecule has 0 unspecified atom stereocenters. The number of hydrogen-bond donors (Lipinski definition) is 1. The van der Waals surface area contributed by atoms with Gasteiger partial charge in [-0.25, -0.2) is 4.39 Å². The third-order valence-corrected chi connectivity index (χ3v) is 6.14. The zero-order valence-corrected chi connectivity index (χ0v) is 15.8. The van der Waals surface area contributed by atoms with Crippen LogP contribution in [-0.2, 0) is 6.42 Å². The first-order valence-electron chi connectivity index (χ1n) is 10.1. The molecule has 0 amide bonds. The zero-order chi connectivity index (χ0) is 19.1. The van der Waals surface area contributed by atoms with Gasteiger partial charge in [-0.15, -0.1) is 0 Å². The Hall–Kier alpha value is -2.66. The highest BCUT2D eigenvalue weighted by Gasteiger charge is 2.32. The lowest BCUT2D eigenvalue weighted by Gasteiger charge is -2.45. The summed E-state index contributed by atoms with van der Waals surface area (Å²) in [6.45, 7) is 4.02. The van der Waals surface area contributed by atoms with Crippen molar-refractivity contribution in [2.24, 2.45) is 0 Å². The summed E-state index contributed by atoms with van der Waals surface area (Å²) in [4.78, 5) is 20.7. The molecule has 1 N–H and O–H groups in total. The number of fused-ring (bicyclic) bond motifs is 2. The molecule has 0 saturated carbocycles. The van der Waals surface area contributed by atoms with Crippen LogP contribution in [0.15, 0.2) is 48.7 Å². The van der Waals surface area contributed by atoms with Crippen LogP contribution in [0.1, 0.15) is 28.8 Å². The number of nitrogens with zero attached hydrogens (tertiary/aromatic N) is 2. The zero-order valence-electron chi connectivity index (χ0n) is 15.8. The van der Waals surface area contributed by atoms with E-state index < -0.39 is 0 Å². The minimum Gasteiger partial charge on any atom is -0.365 e. The number of carbonyl (C=O) groups is 1. The normalized spacial score (nSPS) is 19.0. The predicted molar refractivity (Wildman–Crippen MR) is 110 cm³/mol. The second-order valence-corrected chi connectivity index (χ2v) is 7.90. The number of Topliss-reactive ketones (excluding diaryl/α,β-unsaturated/α-hetero) is 1. The summed E-state index contributed by atoms with van der Waals surface area (Å²) in [6.07, 6.45) is 4.58. The number of hydrogen-bond acceptors (Lipinski definition) is 3. The van der Waals surface area contributed by atoms with E-state index in [2.05, 4.69) is 39.2 Å². The maximum absolute atomic E-state index is 13.0. The number of H-pyrrole nitrogens is 1. The molecule has 0 spiro atoms. The number of halogens is 1. The van der Waals surface area contributed by atoms with Crippen molar-refractivity contribution in [3.8, 4) is 0 Å². The molecule has 28 heavy (non-hydrogen) atoms. The molecule has 3 aromatic rings. The Morgan fingerprint density at radius 2 is 2.00 bits per heavy atom. The van der Waals surface area contributed by atoms with Crippen LogP contribution >= 0.6 is 0 Å². The average Bonchev–Trinajstić information content (AvgIpc) is 3.12. The number of rotatable bonds is 5. The van der Waals surface area contributed by atoms with Crippen molar-refractivity contribution in [1.29, 1.82) is 0 Å². The quantitative estimate of drug-likeness (QED) is 0.683. The van der Waals surface area contributed by atoms with E-state index in [1.807, 2.05) is 0 Å². The molecule has 2 aliphatic rings. The highest BCUT2D eigenvalue weighted by molar-refractivity contribution is 5.97. The van der Waals surface area contributed by atoms with E-state index in [4.69, 9.17) is 0 Å². The van der Waals surface area contributed by atoms with Crippen LogP contribution in [0.25, 0.3) is 10.9 Å². The lowest BCUT2D eigenvalue weighted by molar-refractivity contribution is 0.0973. The van der Waals surface area contributed by atoms with Gasteiger partial charge in [0, 0.05) is 60.4 Å². The van der Waals surface area contributed by atoms with Crippen LogP contribution in [0.2, 0.25) is 0 Å². The third-order valence-electron chi connectivity index (χ3n) is 6.14. The molecular weight excluding hydrogens is 353 g/mol. The molecular formula is C23H24FN3O. The number of anilines is 1. The molecule has 3 heterocycles. The SMILES string of the molecule is O=C(CCCN1CCN2c3cccc4[nH]cc(c34)C[C@@H]2C1)c1ccc(F)cc1. The maximum Gasteiger partial charge on any atom is 0.162 e. The van der Waals surface area contributed by atoms with E-state index >= 15 is 0 Å². The molecule has 5 heteroatoms. The minimum atomic E-state index is -0.303. The fourth-order valence-corrected chi connectivity index (χ4v) is 4.75. The van der Waals surface area contributed by atoms with E-state index in [1.165, 1.54) is 34.3 Å². The summed E-state index contributed by atoms with van der Waals surface area (Å²) >= 11 is 0. The Kier molecular flexibility index (Phi) is 4.40. The van der Waals surface area contributed by atoms with Crippen molar-refractivity contribution < 1.29 is 9.18 Å². The van der Waals surface area contributed by atoms with Crippen molar-refractivity contribution in [3.63, 3.8) is 0 Å². The third kappa shape index (κ3) is 3.10. The second kappa shape index (κ2) is 7.06. The van der Waals surface area contributed by atoms with Gasteiger partial charge in [0.2, 0.25) is 0 Å². The van der Waals surface area contributed by atoms with Gasteiger partial charge in [0.05, 0.1) is 0 Å². The molecule has 1 atom stereocenters. The molecule has 1 fully saturated rings. The van der Waals surface area contributed by atoms with E-state index in [1.54, 1.807) is 12.1 Å². The van der Waals surface area contributed by atoms with E-state index in [-0.39, 0.29) is 11.6 Å². The number of aromatic amines is 1. The van der Waals surface area contributed by atoms with Crippen LogP contribution < -0.4 is 4.90 Å². The number of carbonyl (C=O) groups excluding carboxylic acids is 1. The van der Waals surface area contributed by atoms with Gasteiger partial charge in [-0.3, -0.25) is 9.69 Å². The molecule has 0 aliphatic carbocycles. The molecule has 0 bridgehead atoms. The number of nitrogens with one attached hydrogen (secondary N) is 1. The molecule has 144 valence electrons. The molecule has 4 nitrogen and oxygen atoms in total. The van der Waals surface area contributed by atoms with E-state index in [0.717, 1.165) is 39.0 Å². The first-order chi connectivity index (χ1) is 13.7. The van der Waals surface area contributed by atoms with Gasteiger partial charge in [-0.1, -0.05) is 6.07 Å². The summed E-state index contributed by atoms with van der Waals surface area (Å²) in [5.74, 6) is -0.205. The monoisotopic (exact) mass is 377 g/mol. The Labute approximate surface area is 163 Å². The lowest BCUT2D eigenvalue weighted by Crippen LogP contribution is -2.55. The first-order valence-corrected chi connectivity index (χ1v) is 10.1. The molecule has 0 radical (unpaired) electrons. The number of ketones is 1. The Bertz CT molecular complexity index is 1010. The highest BCUT2D eigenvalue weighted by atomic mass is 19.1. The van der Waals surface area contributed by atoms with Crippen LogP contribution in [-0.4, -0.2) is 47.9 Å². The van der Waals surface area contributed by atoms with Crippen molar-refractivity contribution in [1.82, 2.24) is 9.88 Å². The van der Waals surface area contributed by atoms with Crippen molar-refractivity contribution >= 4 is 22.4 Å². The minimum absolute atomic E-state index is 0.0972. The van der Waals surface area contributed by atoms with Crippen LogP contribution in [0, 0.1) is 5.82 Å². The Balaban J connectivity index is 1.19. The summed E-state index contributed by atoms with van der Waals surface area (Å²) in [5.41, 5.74) is 4.61. The van der Waals surface area contributed by atoms with Gasteiger partial charge in [0.15, 0.2) is 5.78 Å². The van der Waals surface area contributed by atoms with Gasteiger partial charge < -0.3 is 9.88 Å². The Morgan fingerprint density at radius 1 is 1.14 bits per heavy atom. The molecule has 1 aromatic heterocycles. The van der Waals surface area contributed by atoms with Gasteiger partial charge >= 0.3 is 0 Å².